The van der Waals surface area contributed by atoms with E-state index in [2.05, 4.69) is 35.6 Å². The predicted molar refractivity (Wildman–Crippen MR) is 135 cm³/mol. The third kappa shape index (κ3) is 4.37. The Hall–Kier alpha value is -1.93. The molecule has 0 radical (unpaired) electrons. The topological polar surface area (TPSA) is 49.0 Å². The van der Waals surface area contributed by atoms with Crippen LogP contribution in [-0.4, -0.2) is 28.8 Å². The number of ether oxygens (including phenoxy) is 1. The lowest BCUT2D eigenvalue weighted by atomic mass is 10.2. The molecule has 0 amide bonds. The Labute approximate surface area is 195 Å². The molecule has 0 aliphatic rings. The number of benzene rings is 2. The van der Waals surface area contributed by atoms with Crippen molar-refractivity contribution in [2.45, 2.75) is 32.4 Å². The van der Waals surface area contributed by atoms with Gasteiger partial charge in [-0.05, 0) is 36.4 Å². The first kappa shape index (κ1) is 22.3. The van der Waals surface area contributed by atoms with Crippen LogP contribution in [0.25, 0.3) is 33.3 Å². The molecule has 31 heavy (non-hydrogen) atoms. The number of hydrogen-bond donors (Lipinski definition) is 0. The first-order valence-corrected chi connectivity index (χ1v) is 15.1. The van der Waals surface area contributed by atoms with Gasteiger partial charge in [0.05, 0.1) is 10.5 Å². The predicted octanol–water partition coefficient (Wildman–Crippen LogP) is 6.28. The highest BCUT2D eigenvalue weighted by Gasteiger charge is 2.21. The molecule has 0 saturated heterocycles. The van der Waals surface area contributed by atoms with E-state index in [0.29, 0.717) is 28.5 Å². The number of nitrogens with zero attached hydrogens (tertiary/aromatic N) is 3. The van der Waals surface area contributed by atoms with Crippen molar-refractivity contribution in [2.75, 3.05) is 6.61 Å². The Morgan fingerprint density at radius 2 is 1.90 bits per heavy atom. The van der Waals surface area contributed by atoms with Gasteiger partial charge in [0.15, 0.2) is 0 Å². The average molecular weight is 519 g/mol. The summed E-state index contributed by atoms with van der Waals surface area (Å²) in [6.07, 6.45) is 0. The fourth-order valence-electron chi connectivity index (χ4n) is 3.62. The largest absolute Gasteiger partial charge is 0.361 e. The van der Waals surface area contributed by atoms with Crippen molar-refractivity contribution < 1.29 is 4.74 Å². The molecule has 0 unspecified atom stereocenters. The molecular formula is C23H25BrClN3O2Si. The van der Waals surface area contributed by atoms with Crippen molar-refractivity contribution in [2.24, 2.45) is 7.05 Å². The van der Waals surface area contributed by atoms with Gasteiger partial charge in [-0.1, -0.05) is 59.3 Å². The van der Waals surface area contributed by atoms with Crippen molar-refractivity contribution in [1.82, 2.24) is 14.1 Å². The van der Waals surface area contributed by atoms with E-state index in [1.54, 1.807) is 11.6 Å². The van der Waals surface area contributed by atoms with Crippen molar-refractivity contribution >= 4 is 57.5 Å². The van der Waals surface area contributed by atoms with E-state index >= 15 is 0 Å². The Bertz CT molecular complexity index is 1340. The lowest BCUT2D eigenvalue weighted by molar-refractivity contribution is 0.0908. The van der Waals surface area contributed by atoms with E-state index in [4.69, 9.17) is 21.3 Å². The average Bonchev–Trinajstić information content (AvgIpc) is 3.08. The second kappa shape index (κ2) is 8.54. The summed E-state index contributed by atoms with van der Waals surface area (Å²) >= 11 is 10.0. The Balaban J connectivity index is 1.94. The molecule has 4 rings (SSSR count). The summed E-state index contributed by atoms with van der Waals surface area (Å²) in [5, 5.41) is 1.50. The highest BCUT2D eigenvalue weighted by Crippen LogP contribution is 2.32. The van der Waals surface area contributed by atoms with Gasteiger partial charge in [-0.25, -0.2) is 4.98 Å². The molecule has 2 aromatic carbocycles. The highest BCUT2D eigenvalue weighted by molar-refractivity contribution is 9.10. The fraction of sp³-hybridized carbons (Fsp3) is 0.304. The quantitative estimate of drug-likeness (QED) is 0.223. The highest BCUT2D eigenvalue weighted by atomic mass is 79.9. The maximum atomic E-state index is 13.4. The van der Waals surface area contributed by atoms with Crippen LogP contribution in [0.1, 0.15) is 0 Å². The second-order valence-corrected chi connectivity index (χ2v) is 15.9. The van der Waals surface area contributed by atoms with E-state index in [9.17, 15) is 4.79 Å². The van der Waals surface area contributed by atoms with Crippen LogP contribution >= 0.6 is 27.5 Å². The van der Waals surface area contributed by atoms with Crippen LogP contribution in [0, 0.1) is 0 Å². The first-order valence-electron chi connectivity index (χ1n) is 10.2. The van der Waals surface area contributed by atoms with Gasteiger partial charge in [0, 0.05) is 37.2 Å². The molecule has 2 aromatic heterocycles. The third-order valence-electron chi connectivity index (χ3n) is 5.38. The summed E-state index contributed by atoms with van der Waals surface area (Å²) in [5.74, 6) is 0.640. The summed E-state index contributed by atoms with van der Waals surface area (Å²) < 4.78 is 10.5. The number of halogens is 2. The molecule has 162 valence electrons. The number of hydrogen-bond acceptors (Lipinski definition) is 3. The molecule has 0 aliphatic carbocycles. The van der Waals surface area contributed by atoms with Crippen LogP contribution in [0.2, 0.25) is 30.7 Å². The van der Waals surface area contributed by atoms with E-state index in [1.807, 2.05) is 47.0 Å². The van der Waals surface area contributed by atoms with Crippen LogP contribution in [0.5, 0.6) is 0 Å². The van der Waals surface area contributed by atoms with Gasteiger partial charge in [-0.15, -0.1) is 0 Å². The maximum Gasteiger partial charge on any atom is 0.277 e. The summed E-state index contributed by atoms with van der Waals surface area (Å²) in [6, 6.07) is 14.5. The van der Waals surface area contributed by atoms with Crippen molar-refractivity contribution in [1.29, 1.82) is 0 Å². The van der Waals surface area contributed by atoms with E-state index in [0.717, 1.165) is 27.0 Å². The number of aromatic nitrogens is 3. The molecule has 0 saturated carbocycles. The van der Waals surface area contributed by atoms with Crippen LogP contribution < -0.4 is 5.56 Å². The minimum absolute atomic E-state index is 0.111. The zero-order valence-electron chi connectivity index (χ0n) is 18.1. The van der Waals surface area contributed by atoms with E-state index in [1.165, 1.54) is 0 Å². The molecule has 0 fully saturated rings. The van der Waals surface area contributed by atoms with Crippen LogP contribution in [-0.2, 0) is 18.5 Å². The normalized spacial score (nSPS) is 12.2. The monoisotopic (exact) mass is 517 g/mol. The molecule has 0 spiro atoms. The zero-order chi connectivity index (χ0) is 22.3. The van der Waals surface area contributed by atoms with Crippen LogP contribution in [0.3, 0.4) is 0 Å². The van der Waals surface area contributed by atoms with Crippen molar-refractivity contribution in [3.8, 4) is 11.4 Å². The molecule has 0 N–H and O–H groups in total. The van der Waals surface area contributed by atoms with Gasteiger partial charge in [0.25, 0.3) is 5.56 Å². The van der Waals surface area contributed by atoms with Gasteiger partial charge >= 0.3 is 0 Å². The maximum absolute atomic E-state index is 13.4. The van der Waals surface area contributed by atoms with Crippen LogP contribution in [0.4, 0.5) is 0 Å². The Kier molecular flexibility index (Phi) is 6.13. The lowest BCUT2D eigenvalue weighted by Crippen LogP contribution is -2.23. The molecule has 0 atom stereocenters. The third-order valence-corrected chi connectivity index (χ3v) is 7.91. The minimum atomic E-state index is -1.22. The van der Waals surface area contributed by atoms with Crippen LogP contribution in [0.15, 0.2) is 51.7 Å². The number of rotatable bonds is 6. The molecule has 5 nitrogen and oxygen atoms in total. The summed E-state index contributed by atoms with van der Waals surface area (Å²) in [5.41, 5.74) is 2.68. The lowest BCUT2D eigenvalue weighted by Gasteiger charge is -2.16. The van der Waals surface area contributed by atoms with Gasteiger partial charge < -0.3 is 9.30 Å². The van der Waals surface area contributed by atoms with Gasteiger partial charge in [0.1, 0.15) is 23.6 Å². The molecule has 0 bridgehead atoms. The minimum Gasteiger partial charge on any atom is -0.361 e. The SMILES string of the molecule is Cn1c(=O)c2c(nc(-c3ccccc3Cl)n2COCC[Si](C)(C)C)c2ccc(Br)cc21. The van der Waals surface area contributed by atoms with E-state index in [-0.39, 0.29) is 12.3 Å². The van der Waals surface area contributed by atoms with Gasteiger partial charge in [-0.3, -0.25) is 9.36 Å². The second-order valence-electron chi connectivity index (χ2n) is 8.91. The summed E-state index contributed by atoms with van der Waals surface area (Å²) in [6.45, 7) is 7.85. The number of aryl methyl sites for hydroxylation is 1. The molecule has 2 heterocycles. The first-order chi connectivity index (χ1) is 14.7. The number of imidazole rings is 1. The zero-order valence-corrected chi connectivity index (χ0v) is 21.4. The summed E-state index contributed by atoms with van der Waals surface area (Å²) in [7, 11) is 0.565. The molecule has 8 heteroatoms. The summed E-state index contributed by atoms with van der Waals surface area (Å²) in [4.78, 5) is 18.3. The standard InChI is InChI=1S/C23H25BrClN3O2Si/c1-27-19-13-15(24)9-10-17(19)20-21(23(27)29)28(14-30-11-12-31(2,3)4)22(26-20)16-7-5-6-8-18(16)25/h5-10,13H,11-12,14H2,1-4H3. The smallest absolute Gasteiger partial charge is 0.277 e. The van der Waals surface area contributed by atoms with Gasteiger partial charge in [0.2, 0.25) is 0 Å². The Morgan fingerprint density at radius 1 is 1.16 bits per heavy atom. The molecule has 4 aromatic rings. The molecular weight excluding hydrogens is 494 g/mol. The van der Waals surface area contributed by atoms with E-state index < -0.39 is 8.07 Å². The Morgan fingerprint density at radius 3 is 2.61 bits per heavy atom. The fourth-order valence-corrected chi connectivity index (χ4v) is 4.94. The number of fused-ring (bicyclic) bond motifs is 3. The molecule has 0 aliphatic heterocycles. The van der Waals surface area contributed by atoms with Crippen molar-refractivity contribution in [3.63, 3.8) is 0 Å². The van der Waals surface area contributed by atoms with Crippen molar-refractivity contribution in [3.05, 3.63) is 62.3 Å². The van der Waals surface area contributed by atoms with Gasteiger partial charge in [-0.2, -0.15) is 0 Å². The number of pyridine rings is 1.